The maximum absolute atomic E-state index is 15.2. The minimum atomic E-state index is -4.74. The minimum Gasteiger partial charge on any atom is -0.349 e. The summed E-state index contributed by atoms with van der Waals surface area (Å²) < 4.78 is 63.0. The number of aryl methyl sites for hydroxylation is 1. The Balaban J connectivity index is 1.51. The van der Waals surface area contributed by atoms with E-state index in [0.29, 0.717) is 52.1 Å². The van der Waals surface area contributed by atoms with Gasteiger partial charge < -0.3 is 9.80 Å². The molecule has 0 spiro atoms. The molecule has 5 heterocycles. The first-order chi connectivity index (χ1) is 22.4. The number of hydrogen-bond donors (Lipinski definition) is 0. The SMILES string of the molecule is C=CC(=O)N1C[C@H](C)N(c2nc(=O)n3c4c(c(-c5cccc6cnn(C)c56)c(C(F)(F)F)cc24)SCC3CN2CCC(F)C2)C[C@H]1C. The van der Waals surface area contributed by atoms with Crippen molar-refractivity contribution in [2.45, 2.75) is 55.6 Å². The Morgan fingerprint density at radius 1 is 1.15 bits per heavy atom. The quantitative estimate of drug-likeness (QED) is 0.212. The highest BCUT2D eigenvalue weighted by atomic mass is 32.2. The van der Waals surface area contributed by atoms with Gasteiger partial charge in [-0.1, -0.05) is 24.8 Å². The molecule has 14 heteroatoms. The summed E-state index contributed by atoms with van der Waals surface area (Å²) in [6.07, 6.45) is -2.42. The Morgan fingerprint density at radius 2 is 1.94 bits per heavy atom. The third-order valence-electron chi connectivity index (χ3n) is 9.67. The lowest BCUT2D eigenvalue weighted by Gasteiger charge is -2.45. The van der Waals surface area contributed by atoms with Crippen LogP contribution < -0.4 is 10.6 Å². The molecule has 1 amide bonds. The fourth-order valence-electron chi connectivity index (χ4n) is 7.47. The molecule has 9 nitrogen and oxygen atoms in total. The summed E-state index contributed by atoms with van der Waals surface area (Å²) in [7, 11) is 1.69. The normalized spacial score (nSPS) is 23.6. The second-order valence-corrected chi connectivity index (χ2v) is 13.8. The number of amides is 1. The van der Waals surface area contributed by atoms with Crippen LogP contribution in [0, 0.1) is 0 Å². The second-order valence-electron chi connectivity index (χ2n) is 12.8. The number of likely N-dealkylation sites (tertiary alicyclic amines) is 1. The van der Waals surface area contributed by atoms with Gasteiger partial charge in [0.1, 0.15) is 12.0 Å². The van der Waals surface area contributed by atoms with Crippen LogP contribution in [0.2, 0.25) is 0 Å². The molecule has 248 valence electrons. The summed E-state index contributed by atoms with van der Waals surface area (Å²) >= 11 is 1.29. The van der Waals surface area contributed by atoms with Gasteiger partial charge in [-0.3, -0.25) is 18.9 Å². The van der Waals surface area contributed by atoms with Crippen molar-refractivity contribution in [3.05, 3.63) is 59.2 Å². The van der Waals surface area contributed by atoms with E-state index in [1.807, 2.05) is 23.6 Å². The van der Waals surface area contributed by atoms with Crippen molar-refractivity contribution in [2.24, 2.45) is 7.05 Å². The van der Waals surface area contributed by atoms with Crippen molar-refractivity contribution in [3.8, 4) is 11.1 Å². The molecule has 0 radical (unpaired) electrons. The Labute approximate surface area is 272 Å². The number of hydrogen-bond acceptors (Lipinski definition) is 7. The monoisotopic (exact) mass is 669 g/mol. The van der Waals surface area contributed by atoms with Gasteiger partial charge >= 0.3 is 11.9 Å². The Hall–Kier alpha value is -3.91. The smallest absolute Gasteiger partial charge is 0.349 e. The summed E-state index contributed by atoms with van der Waals surface area (Å²) in [5.41, 5.74) is -0.0770. The number of para-hydroxylation sites is 1. The number of benzene rings is 2. The third kappa shape index (κ3) is 5.29. The number of piperazine rings is 1. The van der Waals surface area contributed by atoms with Gasteiger partial charge in [-0.15, -0.1) is 11.8 Å². The van der Waals surface area contributed by atoms with Crippen LogP contribution in [0.15, 0.2) is 52.8 Å². The highest BCUT2D eigenvalue weighted by Gasteiger charge is 2.41. The molecule has 0 N–H and O–H groups in total. The molecule has 4 atom stereocenters. The van der Waals surface area contributed by atoms with Gasteiger partial charge in [0.05, 0.1) is 28.8 Å². The molecule has 2 aromatic carbocycles. The number of anilines is 1. The van der Waals surface area contributed by atoms with Gasteiger partial charge in [0.15, 0.2) is 0 Å². The average molecular weight is 670 g/mol. The molecule has 0 saturated carbocycles. The summed E-state index contributed by atoms with van der Waals surface area (Å²) in [4.78, 5) is 37.0. The zero-order valence-electron chi connectivity index (χ0n) is 26.3. The van der Waals surface area contributed by atoms with Gasteiger partial charge in [-0.2, -0.15) is 23.3 Å². The van der Waals surface area contributed by atoms with Crippen LogP contribution in [-0.2, 0) is 18.0 Å². The fourth-order valence-corrected chi connectivity index (χ4v) is 8.79. The van der Waals surface area contributed by atoms with Crippen LogP contribution in [0.3, 0.4) is 0 Å². The van der Waals surface area contributed by atoms with Crippen molar-refractivity contribution in [1.82, 2.24) is 29.1 Å². The topological polar surface area (TPSA) is 79.5 Å². The summed E-state index contributed by atoms with van der Waals surface area (Å²) in [5.74, 6) is 0.246. The summed E-state index contributed by atoms with van der Waals surface area (Å²) in [5, 5.41) is 5.23. The van der Waals surface area contributed by atoms with Crippen LogP contribution in [0.1, 0.15) is 31.9 Å². The van der Waals surface area contributed by atoms with E-state index in [-0.39, 0.29) is 54.4 Å². The highest BCUT2D eigenvalue weighted by molar-refractivity contribution is 7.99. The Kier molecular flexibility index (Phi) is 7.85. The van der Waals surface area contributed by atoms with Crippen molar-refractivity contribution in [2.75, 3.05) is 43.4 Å². The van der Waals surface area contributed by atoms with Crippen molar-refractivity contribution < 1.29 is 22.4 Å². The number of carbonyl (C=O) groups is 1. The van der Waals surface area contributed by atoms with Gasteiger partial charge in [0, 0.05) is 84.4 Å². The number of carbonyl (C=O) groups excluding carboxylic acids is 1. The molecular weight excluding hydrogens is 634 g/mol. The van der Waals surface area contributed by atoms with Crippen LogP contribution >= 0.6 is 11.8 Å². The van der Waals surface area contributed by atoms with Gasteiger partial charge in [-0.25, -0.2) is 9.18 Å². The van der Waals surface area contributed by atoms with E-state index in [1.54, 1.807) is 41.0 Å². The summed E-state index contributed by atoms with van der Waals surface area (Å²) in [6.45, 7) is 9.04. The van der Waals surface area contributed by atoms with Gasteiger partial charge in [-0.05, 0) is 32.4 Å². The van der Waals surface area contributed by atoms with E-state index in [4.69, 9.17) is 0 Å². The zero-order valence-corrected chi connectivity index (χ0v) is 27.1. The Morgan fingerprint density at radius 3 is 2.64 bits per heavy atom. The standard InChI is InChI=1S/C33H35F4N7O2S/c1-5-26(45)42-13-19(3)43(14-18(42)2)31-24-11-25(33(35,36)37)27(23-8-6-7-20-12-38-40(4)28(20)23)30-29(24)44(32(46)39-31)22(17-47-30)16-41-10-9-21(34)15-41/h5-8,11-12,18-19,21-22H,1,9-10,13-17H2,2-4H3/t18-,19+,21?,22?/m1/s1. The van der Waals surface area contributed by atoms with E-state index in [1.165, 1.54) is 22.4 Å². The number of alkyl halides is 4. The maximum Gasteiger partial charge on any atom is 0.417 e. The maximum atomic E-state index is 15.2. The lowest BCUT2D eigenvalue weighted by molar-refractivity contribution is -0.137. The molecule has 3 aliphatic rings. The molecule has 2 fully saturated rings. The first-order valence-electron chi connectivity index (χ1n) is 15.7. The van der Waals surface area contributed by atoms with Crippen molar-refractivity contribution in [3.63, 3.8) is 0 Å². The zero-order chi connectivity index (χ0) is 33.4. The number of nitrogens with zero attached hydrogens (tertiary/aromatic N) is 7. The van der Waals surface area contributed by atoms with E-state index >= 15 is 13.2 Å². The van der Waals surface area contributed by atoms with E-state index in [0.717, 1.165) is 6.07 Å². The van der Waals surface area contributed by atoms with Crippen LogP contribution in [0.25, 0.3) is 32.9 Å². The molecule has 4 aromatic rings. The molecular formula is C33H35F4N7O2S. The third-order valence-corrected chi connectivity index (χ3v) is 10.9. The predicted octanol–water partition coefficient (Wildman–Crippen LogP) is 5.27. The minimum absolute atomic E-state index is 0.000704. The van der Waals surface area contributed by atoms with Crippen molar-refractivity contribution >= 4 is 45.3 Å². The molecule has 2 aromatic heterocycles. The predicted molar refractivity (Wildman–Crippen MR) is 175 cm³/mol. The molecule has 2 unspecified atom stereocenters. The van der Waals surface area contributed by atoms with Crippen LogP contribution in [0.4, 0.5) is 23.4 Å². The van der Waals surface area contributed by atoms with Gasteiger partial charge in [0.2, 0.25) is 5.91 Å². The molecule has 0 bridgehead atoms. The van der Waals surface area contributed by atoms with Gasteiger partial charge in [0.25, 0.3) is 0 Å². The molecule has 3 aliphatic heterocycles. The number of rotatable bonds is 5. The summed E-state index contributed by atoms with van der Waals surface area (Å²) in [6, 6.07) is 5.24. The average Bonchev–Trinajstić information content (AvgIpc) is 3.63. The number of fused-ring (bicyclic) bond motifs is 1. The molecule has 0 aliphatic carbocycles. The number of thioether (sulfide) groups is 1. The van der Waals surface area contributed by atoms with E-state index in [2.05, 4.69) is 16.7 Å². The number of aromatic nitrogens is 4. The first kappa shape index (κ1) is 31.7. The lowest BCUT2D eigenvalue weighted by Crippen LogP contribution is -2.58. The van der Waals surface area contributed by atoms with Crippen LogP contribution in [-0.4, -0.2) is 91.8 Å². The van der Waals surface area contributed by atoms with Crippen molar-refractivity contribution in [1.29, 1.82) is 0 Å². The highest BCUT2D eigenvalue weighted by Crippen LogP contribution is 2.51. The second kappa shape index (κ2) is 11.7. The Bertz CT molecular complexity index is 1970. The molecule has 47 heavy (non-hydrogen) atoms. The largest absolute Gasteiger partial charge is 0.417 e. The van der Waals surface area contributed by atoms with Crippen LogP contribution in [0.5, 0.6) is 0 Å². The lowest BCUT2D eigenvalue weighted by atomic mass is 9.94. The molecule has 7 rings (SSSR count). The number of halogens is 4. The fraction of sp³-hybridized carbons (Fsp3) is 0.455. The van der Waals surface area contributed by atoms with E-state index in [9.17, 15) is 14.0 Å². The molecule has 2 saturated heterocycles. The van der Waals surface area contributed by atoms with E-state index < -0.39 is 29.6 Å². The first-order valence-corrected chi connectivity index (χ1v) is 16.7.